The molecule has 1 saturated heterocycles. The van der Waals surface area contributed by atoms with Crippen molar-refractivity contribution in [3.63, 3.8) is 0 Å². The molecule has 0 saturated carbocycles. The normalized spacial score (nSPS) is 17.1. The molecule has 2 heterocycles. The number of amides is 1. The Balaban J connectivity index is 1.69. The molecule has 0 aliphatic carbocycles. The first-order valence-corrected chi connectivity index (χ1v) is 12.0. The van der Waals surface area contributed by atoms with E-state index in [1.54, 1.807) is 29.1 Å². The topological polar surface area (TPSA) is 108 Å². The second-order valence-electron chi connectivity index (χ2n) is 7.94. The van der Waals surface area contributed by atoms with Crippen LogP contribution in [0.3, 0.4) is 0 Å². The number of sulfonamides is 1. The largest absolute Gasteiger partial charge is 0.395 e. The fraction of sp³-hybridized carbons (Fsp3) is 0.524. The Bertz CT molecular complexity index is 993. The van der Waals surface area contributed by atoms with Crippen molar-refractivity contribution in [3.05, 3.63) is 42.2 Å². The molecule has 2 N–H and O–H groups in total. The average molecular weight is 450 g/mol. The van der Waals surface area contributed by atoms with Crippen LogP contribution in [-0.4, -0.2) is 77.2 Å². The summed E-state index contributed by atoms with van der Waals surface area (Å²) in [6.07, 6.45) is 2.56. The molecule has 9 nitrogen and oxygen atoms in total. The summed E-state index contributed by atoms with van der Waals surface area (Å²) in [5.74, 6) is -0.392. The van der Waals surface area contributed by atoms with Crippen molar-refractivity contribution in [2.75, 3.05) is 38.1 Å². The molecule has 1 aromatic carbocycles. The van der Waals surface area contributed by atoms with Crippen LogP contribution in [0.25, 0.3) is 0 Å². The molecule has 1 atom stereocenters. The number of nitrogens with one attached hydrogen (secondary N) is 1. The zero-order valence-electron chi connectivity index (χ0n) is 18.2. The number of nitrogens with zero attached hydrogens (tertiary/aromatic N) is 4. The van der Waals surface area contributed by atoms with Crippen LogP contribution in [0, 0.1) is 0 Å². The number of hydrogen-bond acceptors (Lipinski definition) is 6. The molecule has 1 amide bonds. The maximum absolute atomic E-state index is 13.1. The van der Waals surface area contributed by atoms with Crippen molar-refractivity contribution in [2.45, 2.75) is 44.2 Å². The van der Waals surface area contributed by atoms with E-state index in [1.807, 2.05) is 20.8 Å². The first kappa shape index (κ1) is 23.4. The second-order valence-corrected chi connectivity index (χ2v) is 9.88. The van der Waals surface area contributed by atoms with Crippen LogP contribution in [0.5, 0.6) is 0 Å². The summed E-state index contributed by atoms with van der Waals surface area (Å²) in [6.45, 7) is 7.89. The number of benzene rings is 1. The highest BCUT2D eigenvalue weighted by molar-refractivity contribution is 7.89. The number of aliphatic hydroxyl groups is 1. The van der Waals surface area contributed by atoms with E-state index in [9.17, 15) is 18.3 Å². The molecule has 1 aliphatic rings. The highest BCUT2D eigenvalue weighted by Crippen LogP contribution is 2.22. The lowest BCUT2D eigenvalue weighted by Gasteiger charge is -2.37. The molecule has 0 unspecified atom stereocenters. The summed E-state index contributed by atoms with van der Waals surface area (Å²) >= 11 is 0. The maximum Gasteiger partial charge on any atom is 0.276 e. The zero-order valence-corrected chi connectivity index (χ0v) is 19.0. The Labute approximate surface area is 183 Å². The summed E-state index contributed by atoms with van der Waals surface area (Å²) in [5, 5.41) is 16.5. The first-order chi connectivity index (χ1) is 14.8. The van der Waals surface area contributed by atoms with E-state index < -0.39 is 15.9 Å². The molecule has 31 heavy (non-hydrogen) atoms. The van der Waals surface area contributed by atoms with Gasteiger partial charge >= 0.3 is 0 Å². The summed E-state index contributed by atoms with van der Waals surface area (Å²) in [5.41, 5.74) is 0.669. The Morgan fingerprint density at radius 1 is 1.19 bits per heavy atom. The number of carbonyl (C=O) groups excluding carboxylic acids is 1. The fourth-order valence-corrected chi connectivity index (χ4v) is 5.11. The standard InChI is InChI=1S/C21H31N5O4S/c1-4-18(15-27)24-10-12-25(13-11-24)31(29,30)19-7-5-6-17(14-19)22-21(28)20-8-9-26(23-20)16(2)3/h5-9,14,16,18,27H,4,10-13,15H2,1-3H3,(H,22,28)/t18-/m1/s1. The van der Waals surface area contributed by atoms with Crippen LogP contribution in [0.1, 0.15) is 43.7 Å². The number of carbonyl (C=O) groups is 1. The molecule has 3 rings (SSSR count). The van der Waals surface area contributed by atoms with E-state index in [-0.39, 0.29) is 29.3 Å². The predicted molar refractivity (Wildman–Crippen MR) is 119 cm³/mol. The van der Waals surface area contributed by atoms with Gasteiger partial charge < -0.3 is 10.4 Å². The quantitative estimate of drug-likeness (QED) is 0.636. The van der Waals surface area contributed by atoms with Crippen molar-refractivity contribution in [3.8, 4) is 0 Å². The van der Waals surface area contributed by atoms with Gasteiger partial charge in [-0.15, -0.1) is 0 Å². The Morgan fingerprint density at radius 3 is 2.48 bits per heavy atom. The van der Waals surface area contributed by atoms with Crippen LogP contribution in [0.2, 0.25) is 0 Å². The van der Waals surface area contributed by atoms with E-state index in [0.717, 1.165) is 6.42 Å². The molecule has 1 aromatic heterocycles. The summed E-state index contributed by atoms with van der Waals surface area (Å²) in [7, 11) is -3.68. The summed E-state index contributed by atoms with van der Waals surface area (Å²) < 4.78 is 29.4. The smallest absolute Gasteiger partial charge is 0.276 e. The lowest BCUT2D eigenvalue weighted by Crippen LogP contribution is -2.52. The number of aliphatic hydroxyl groups excluding tert-OH is 1. The number of rotatable bonds is 8. The lowest BCUT2D eigenvalue weighted by molar-refractivity contribution is 0.0881. The zero-order chi connectivity index (χ0) is 22.6. The van der Waals surface area contributed by atoms with Gasteiger partial charge in [0.15, 0.2) is 5.69 Å². The minimum atomic E-state index is -3.68. The van der Waals surface area contributed by atoms with Gasteiger partial charge in [-0.25, -0.2) is 8.42 Å². The Kier molecular flexibility index (Phi) is 7.47. The SMILES string of the molecule is CC[C@H](CO)N1CCN(S(=O)(=O)c2cccc(NC(=O)c3ccn(C(C)C)n3)c2)CC1. The van der Waals surface area contributed by atoms with Crippen molar-refractivity contribution in [2.24, 2.45) is 0 Å². The molecule has 1 aliphatic heterocycles. The Hall–Kier alpha value is -2.27. The van der Waals surface area contributed by atoms with E-state index in [4.69, 9.17) is 0 Å². The van der Waals surface area contributed by atoms with E-state index in [2.05, 4.69) is 15.3 Å². The first-order valence-electron chi connectivity index (χ1n) is 10.6. The van der Waals surface area contributed by atoms with Crippen molar-refractivity contribution < 1.29 is 18.3 Å². The van der Waals surface area contributed by atoms with Crippen molar-refractivity contribution in [1.82, 2.24) is 19.0 Å². The molecule has 1 fully saturated rings. The van der Waals surface area contributed by atoms with Gasteiger partial charge in [-0.1, -0.05) is 13.0 Å². The molecular formula is C21H31N5O4S. The minimum absolute atomic E-state index is 0.0579. The predicted octanol–water partition coefficient (Wildman–Crippen LogP) is 1.79. The van der Waals surface area contributed by atoms with Crippen LogP contribution < -0.4 is 5.32 Å². The average Bonchev–Trinajstić information content (AvgIpc) is 3.26. The molecule has 0 bridgehead atoms. The van der Waals surface area contributed by atoms with Crippen molar-refractivity contribution >= 4 is 21.6 Å². The second kappa shape index (κ2) is 9.90. The highest BCUT2D eigenvalue weighted by atomic mass is 32.2. The monoisotopic (exact) mass is 449 g/mol. The van der Waals surface area contributed by atoms with Gasteiger partial charge in [0.2, 0.25) is 10.0 Å². The third-order valence-corrected chi connectivity index (χ3v) is 7.47. The maximum atomic E-state index is 13.1. The van der Waals surface area contributed by atoms with E-state index in [0.29, 0.717) is 31.9 Å². The Morgan fingerprint density at radius 2 is 1.90 bits per heavy atom. The summed E-state index contributed by atoms with van der Waals surface area (Å²) in [4.78, 5) is 14.8. The third-order valence-electron chi connectivity index (χ3n) is 5.57. The number of anilines is 1. The molecule has 0 radical (unpaired) electrons. The molecule has 10 heteroatoms. The lowest BCUT2D eigenvalue weighted by atomic mass is 10.2. The summed E-state index contributed by atoms with van der Waals surface area (Å²) in [6, 6.07) is 8.11. The van der Waals surface area contributed by atoms with Gasteiger partial charge in [0, 0.05) is 50.1 Å². The number of piperazine rings is 1. The van der Waals surface area contributed by atoms with Crippen LogP contribution in [0.4, 0.5) is 5.69 Å². The van der Waals surface area contributed by atoms with Gasteiger partial charge in [0.05, 0.1) is 11.5 Å². The molecular weight excluding hydrogens is 418 g/mol. The van der Waals surface area contributed by atoms with Gasteiger partial charge in [-0.3, -0.25) is 14.4 Å². The minimum Gasteiger partial charge on any atom is -0.395 e. The van der Waals surface area contributed by atoms with E-state index in [1.165, 1.54) is 16.4 Å². The van der Waals surface area contributed by atoms with E-state index >= 15 is 0 Å². The third kappa shape index (κ3) is 5.32. The fourth-order valence-electron chi connectivity index (χ4n) is 3.64. The number of hydrogen-bond donors (Lipinski definition) is 2. The molecule has 170 valence electrons. The van der Waals surface area contributed by atoms with Crippen molar-refractivity contribution in [1.29, 1.82) is 0 Å². The number of aromatic nitrogens is 2. The molecule has 0 spiro atoms. The highest BCUT2D eigenvalue weighted by Gasteiger charge is 2.30. The van der Waals surface area contributed by atoms with Gasteiger partial charge in [0.1, 0.15) is 0 Å². The van der Waals surface area contributed by atoms with Gasteiger partial charge in [-0.05, 0) is 44.5 Å². The van der Waals surface area contributed by atoms with Crippen LogP contribution >= 0.6 is 0 Å². The van der Waals surface area contributed by atoms with Crippen LogP contribution in [0.15, 0.2) is 41.4 Å². The molecule has 2 aromatic rings. The van der Waals surface area contributed by atoms with Gasteiger partial charge in [-0.2, -0.15) is 9.40 Å². The van der Waals surface area contributed by atoms with Gasteiger partial charge in [0.25, 0.3) is 5.91 Å². The van der Waals surface area contributed by atoms with Crippen LogP contribution in [-0.2, 0) is 10.0 Å².